The van der Waals surface area contributed by atoms with Crippen molar-refractivity contribution in [3.63, 3.8) is 0 Å². The second kappa shape index (κ2) is 5.71. The fourth-order valence-electron chi connectivity index (χ4n) is 1.32. The van der Waals surface area contributed by atoms with Crippen LogP contribution in [-0.4, -0.2) is 9.97 Å². The molecule has 0 saturated heterocycles. The van der Waals surface area contributed by atoms with Gasteiger partial charge in [-0.1, -0.05) is 35.3 Å². The highest BCUT2D eigenvalue weighted by Crippen LogP contribution is 2.23. The predicted octanol–water partition coefficient (Wildman–Crippen LogP) is 4.38. The average Bonchev–Trinajstić information content (AvgIpc) is 2.27. The third-order valence-corrected chi connectivity index (χ3v) is 3.51. The molecule has 0 radical (unpaired) electrons. The first-order valence-corrected chi connectivity index (χ1v) is 6.76. The minimum atomic E-state index is 0.483. The number of benzene rings is 1. The van der Waals surface area contributed by atoms with Crippen molar-refractivity contribution >= 4 is 35.0 Å². The van der Waals surface area contributed by atoms with E-state index in [4.69, 9.17) is 23.2 Å². The number of thioether (sulfide) groups is 1. The summed E-state index contributed by atoms with van der Waals surface area (Å²) in [6, 6.07) is 9.55. The van der Waals surface area contributed by atoms with E-state index in [0.29, 0.717) is 11.0 Å². The van der Waals surface area contributed by atoms with E-state index in [2.05, 4.69) is 9.97 Å². The summed E-state index contributed by atoms with van der Waals surface area (Å²) in [6.07, 6.45) is 0. The van der Waals surface area contributed by atoms with Crippen LogP contribution in [-0.2, 0) is 5.75 Å². The second-order valence-electron chi connectivity index (χ2n) is 3.49. The number of hydrogen-bond acceptors (Lipinski definition) is 3. The number of aromatic nitrogens is 2. The van der Waals surface area contributed by atoms with Crippen LogP contribution in [0.1, 0.15) is 11.4 Å². The third-order valence-electron chi connectivity index (χ3n) is 2.08. The minimum absolute atomic E-state index is 0.483. The minimum Gasteiger partial charge on any atom is -0.227 e. The predicted molar refractivity (Wildman–Crippen MR) is 72.8 cm³/mol. The van der Waals surface area contributed by atoms with Gasteiger partial charge in [0, 0.05) is 16.8 Å². The fourth-order valence-corrected chi connectivity index (χ4v) is 2.63. The second-order valence-corrected chi connectivity index (χ2v) is 5.31. The molecule has 0 bridgehead atoms. The maximum absolute atomic E-state index is 5.87. The molecule has 88 valence electrons. The van der Waals surface area contributed by atoms with Crippen LogP contribution in [0.25, 0.3) is 0 Å². The van der Waals surface area contributed by atoms with Gasteiger partial charge in [0.1, 0.15) is 16.0 Å². The van der Waals surface area contributed by atoms with Crippen LogP contribution in [0.15, 0.2) is 35.4 Å². The first-order chi connectivity index (χ1) is 8.13. The van der Waals surface area contributed by atoms with Gasteiger partial charge in [0.25, 0.3) is 0 Å². The van der Waals surface area contributed by atoms with E-state index in [1.807, 2.05) is 31.2 Å². The Morgan fingerprint density at radius 2 is 1.82 bits per heavy atom. The van der Waals surface area contributed by atoms with Crippen molar-refractivity contribution < 1.29 is 0 Å². The molecule has 2 rings (SSSR count). The molecular formula is C12H10Cl2N2S. The first-order valence-electron chi connectivity index (χ1n) is 5.02. The van der Waals surface area contributed by atoms with Gasteiger partial charge in [0.05, 0.1) is 0 Å². The largest absolute Gasteiger partial charge is 0.227 e. The molecule has 17 heavy (non-hydrogen) atoms. The quantitative estimate of drug-likeness (QED) is 0.618. The number of halogens is 2. The Hall–Kier alpha value is -0.770. The van der Waals surface area contributed by atoms with Crippen LogP contribution in [0.5, 0.6) is 0 Å². The summed E-state index contributed by atoms with van der Waals surface area (Å²) >= 11 is 13.3. The summed E-state index contributed by atoms with van der Waals surface area (Å²) in [5.41, 5.74) is 1.20. The monoisotopic (exact) mass is 284 g/mol. The van der Waals surface area contributed by atoms with Crippen LogP contribution in [0.4, 0.5) is 0 Å². The average molecular weight is 285 g/mol. The zero-order valence-corrected chi connectivity index (χ0v) is 11.5. The third kappa shape index (κ3) is 3.87. The zero-order chi connectivity index (χ0) is 12.3. The first kappa shape index (κ1) is 12.7. The van der Waals surface area contributed by atoms with Crippen molar-refractivity contribution in [2.75, 3.05) is 0 Å². The highest BCUT2D eigenvalue weighted by atomic mass is 35.5. The van der Waals surface area contributed by atoms with Crippen molar-refractivity contribution in [1.82, 2.24) is 9.97 Å². The highest BCUT2D eigenvalue weighted by Gasteiger charge is 2.01. The molecular weight excluding hydrogens is 275 g/mol. The molecule has 0 saturated carbocycles. The number of hydrogen-bond donors (Lipinski definition) is 0. The molecule has 0 atom stereocenters. The van der Waals surface area contributed by atoms with E-state index >= 15 is 0 Å². The van der Waals surface area contributed by atoms with Crippen molar-refractivity contribution in [2.24, 2.45) is 0 Å². The van der Waals surface area contributed by atoms with Gasteiger partial charge < -0.3 is 0 Å². The summed E-state index contributed by atoms with van der Waals surface area (Å²) in [7, 11) is 0. The molecule has 0 amide bonds. The Morgan fingerprint density at radius 1 is 1.12 bits per heavy atom. The molecule has 0 unspecified atom stereocenters. The number of rotatable bonds is 3. The van der Waals surface area contributed by atoms with Gasteiger partial charge in [-0.15, -0.1) is 11.8 Å². The van der Waals surface area contributed by atoms with Crippen molar-refractivity contribution in [3.8, 4) is 0 Å². The summed E-state index contributed by atoms with van der Waals surface area (Å²) in [6.45, 7) is 1.83. The van der Waals surface area contributed by atoms with Gasteiger partial charge >= 0.3 is 0 Å². The van der Waals surface area contributed by atoms with Crippen molar-refractivity contribution in [2.45, 2.75) is 17.7 Å². The molecule has 0 aliphatic heterocycles. The molecule has 0 aliphatic rings. The lowest BCUT2D eigenvalue weighted by Gasteiger charge is -2.03. The van der Waals surface area contributed by atoms with E-state index < -0.39 is 0 Å². The van der Waals surface area contributed by atoms with Crippen molar-refractivity contribution in [3.05, 3.63) is 51.9 Å². The molecule has 0 spiro atoms. The van der Waals surface area contributed by atoms with E-state index in [9.17, 15) is 0 Å². The van der Waals surface area contributed by atoms with Gasteiger partial charge in [0.15, 0.2) is 0 Å². The van der Waals surface area contributed by atoms with Crippen molar-refractivity contribution in [1.29, 1.82) is 0 Å². The highest BCUT2D eigenvalue weighted by molar-refractivity contribution is 7.98. The Morgan fingerprint density at radius 3 is 2.47 bits per heavy atom. The summed E-state index contributed by atoms with van der Waals surface area (Å²) in [4.78, 5) is 8.33. The molecule has 5 heteroatoms. The normalized spacial score (nSPS) is 10.5. The zero-order valence-electron chi connectivity index (χ0n) is 9.15. The molecule has 0 aliphatic carbocycles. The molecule has 2 aromatic rings. The standard InChI is InChI=1S/C12H10Cl2N2S/c1-8-15-11(14)6-12(16-8)17-7-9-2-4-10(13)5-3-9/h2-6H,7H2,1H3. The molecule has 2 nitrogen and oxygen atoms in total. The maximum Gasteiger partial charge on any atom is 0.133 e. The van der Waals surface area contributed by atoms with E-state index in [-0.39, 0.29) is 0 Å². The fraction of sp³-hybridized carbons (Fsp3) is 0.167. The summed E-state index contributed by atoms with van der Waals surface area (Å²) in [5, 5.41) is 2.12. The lowest BCUT2D eigenvalue weighted by molar-refractivity contribution is 0.967. The lowest BCUT2D eigenvalue weighted by atomic mass is 10.2. The summed E-state index contributed by atoms with van der Waals surface area (Å²) < 4.78 is 0. The molecule has 1 heterocycles. The van der Waals surface area contributed by atoms with Crippen LogP contribution in [0, 0.1) is 6.92 Å². The SMILES string of the molecule is Cc1nc(Cl)cc(SCc2ccc(Cl)cc2)n1. The Labute approximate surface area is 114 Å². The smallest absolute Gasteiger partial charge is 0.133 e. The van der Waals surface area contributed by atoms with E-state index in [1.54, 1.807) is 17.8 Å². The van der Waals surface area contributed by atoms with Crippen LogP contribution < -0.4 is 0 Å². The van der Waals surface area contributed by atoms with Gasteiger partial charge in [-0.05, 0) is 24.6 Å². The van der Waals surface area contributed by atoms with Crippen LogP contribution in [0.3, 0.4) is 0 Å². The Kier molecular flexibility index (Phi) is 4.26. The van der Waals surface area contributed by atoms with Crippen LogP contribution >= 0.6 is 35.0 Å². The Balaban J connectivity index is 2.04. The molecule has 0 N–H and O–H groups in total. The molecule has 1 aromatic carbocycles. The molecule has 1 aromatic heterocycles. The number of aryl methyl sites for hydroxylation is 1. The maximum atomic E-state index is 5.87. The topological polar surface area (TPSA) is 25.8 Å². The Bertz CT molecular complexity index is 494. The van der Waals surface area contributed by atoms with E-state index in [1.165, 1.54) is 5.56 Å². The number of nitrogens with zero attached hydrogens (tertiary/aromatic N) is 2. The lowest BCUT2D eigenvalue weighted by Crippen LogP contribution is -1.90. The van der Waals surface area contributed by atoms with Gasteiger partial charge in [-0.2, -0.15) is 0 Å². The van der Waals surface area contributed by atoms with Crippen LogP contribution in [0.2, 0.25) is 10.2 Å². The van der Waals surface area contributed by atoms with Gasteiger partial charge in [-0.25, -0.2) is 9.97 Å². The van der Waals surface area contributed by atoms with Gasteiger partial charge in [0.2, 0.25) is 0 Å². The van der Waals surface area contributed by atoms with Gasteiger partial charge in [-0.3, -0.25) is 0 Å². The van der Waals surface area contributed by atoms with E-state index in [0.717, 1.165) is 15.8 Å². The molecule has 0 fully saturated rings. The summed E-state index contributed by atoms with van der Waals surface area (Å²) in [5.74, 6) is 1.53.